The summed E-state index contributed by atoms with van der Waals surface area (Å²) < 4.78 is 5.28. The summed E-state index contributed by atoms with van der Waals surface area (Å²) in [4.78, 5) is 6.90. The number of hydrogen-bond donors (Lipinski definition) is 1. The first-order chi connectivity index (χ1) is 8.26. The lowest BCUT2D eigenvalue weighted by atomic mass is 9.98. The second-order valence-electron chi connectivity index (χ2n) is 5.25. The first-order valence-electron chi connectivity index (χ1n) is 6.59. The molecule has 0 aliphatic carbocycles. The van der Waals surface area contributed by atoms with Crippen molar-refractivity contribution in [2.24, 2.45) is 5.73 Å². The zero-order chi connectivity index (χ0) is 11.8. The maximum Gasteiger partial charge on any atom is 0.240 e. The number of rotatable bonds is 3. The number of aryl methyl sites for hydroxylation is 1. The zero-order valence-corrected chi connectivity index (χ0v) is 10.3. The van der Waals surface area contributed by atoms with Crippen LogP contribution >= 0.6 is 0 Å². The molecule has 0 amide bonds. The molecule has 17 heavy (non-hydrogen) atoms. The third-order valence-corrected chi connectivity index (χ3v) is 4.07. The molecule has 2 aliphatic rings. The Hall–Kier alpha value is -0.940. The number of nitrogens with two attached hydrogens (primary N) is 1. The van der Waals surface area contributed by atoms with Crippen molar-refractivity contribution in [3.63, 3.8) is 0 Å². The summed E-state index contributed by atoms with van der Waals surface area (Å²) in [6.07, 6.45) is 5.61. The lowest BCUT2D eigenvalue weighted by Crippen LogP contribution is -2.46. The van der Waals surface area contributed by atoms with Gasteiger partial charge in [0.1, 0.15) is 0 Å². The Bertz CT molecular complexity index is 378. The predicted molar refractivity (Wildman–Crippen MR) is 63.2 cm³/mol. The van der Waals surface area contributed by atoms with E-state index in [1.54, 1.807) is 0 Å². The van der Waals surface area contributed by atoms with Gasteiger partial charge in [0.15, 0.2) is 5.82 Å². The van der Waals surface area contributed by atoms with Gasteiger partial charge in [-0.25, -0.2) is 0 Å². The highest BCUT2D eigenvalue weighted by Crippen LogP contribution is 2.35. The van der Waals surface area contributed by atoms with Crippen molar-refractivity contribution in [3.05, 3.63) is 11.7 Å². The molecule has 2 atom stereocenters. The molecule has 3 heterocycles. The highest BCUT2D eigenvalue weighted by atomic mass is 16.5. The molecule has 2 saturated heterocycles. The molecule has 94 valence electrons. The van der Waals surface area contributed by atoms with Crippen LogP contribution in [0.15, 0.2) is 4.52 Å². The van der Waals surface area contributed by atoms with Gasteiger partial charge in [-0.3, -0.25) is 4.90 Å². The molecule has 2 unspecified atom stereocenters. The van der Waals surface area contributed by atoms with Crippen molar-refractivity contribution in [1.82, 2.24) is 15.0 Å². The molecule has 0 aromatic carbocycles. The number of nitrogens with zero attached hydrogens (tertiary/aromatic N) is 3. The third-order valence-electron chi connectivity index (χ3n) is 4.07. The Morgan fingerprint density at radius 1 is 1.35 bits per heavy atom. The van der Waals surface area contributed by atoms with Crippen LogP contribution in [0.2, 0.25) is 0 Å². The van der Waals surface area contributed by atoms with Gasteiger partial charge in [0.2, 0.25) is 5.89 Å². The minimum absolute atomic E-state index is 0.387. The number of hydrogen-bond acceptors (Lipinski definition) is 5. The first-order valence-corrected chi connectivity index (χ1v) is 6.59. The van der Waals surface area contributed by atoms with Gasteiger partial charge < -0.3 is 10.3 Å². The van der Waals surface area contributed by atoms with Crippen LogP contribution in [0, 0.1) is 0 Å². The van der Waals surface area contributed by atoms with E-state index in [0.717, 1.165) is 37.5 Å². The van der Waals surface area contributed by atoms with Crippen LogP contribution in [-0.2, 0) is 13.0 Å². The average molecular weight is 236 g/mol. The number of piperidine rings is 1. The van der Waals surface area contributed by atoms with E-state index in [1.807, 2.05) is 6.92 Å². The van der Waals surface area contributed by atoms with E-state index in [-0.39, 0.29) is 0 Å². The van der Waals surface area contributed by atoms with Crippen LogP contribution in [0.1, 0.15) is 44.3 Å². The molecule has 2 aliphatic heterocycles. The minimum atomic E-state index is 0.387. The van der Waals surface area contributed by atoms with Crippen molar-refractivity contribution in [2.45, 2.75) is 63.7 Å². The standard InChI is InChI=1S/C12H20N4O/c1-2-11-14-12(17-15-11)7-16-9-3-4-10(16)6-8(13)5-9/h8-10H,2-7,13H2,1H3. The average Bonchev–Trinajstić information content (AvgIpc) is 2.85. The monoisotopic (exact) mass is 236 g/mol. The smallest absolute Gasteiger partial charge is 0.240 e. The quantitative estimate of drug-likeness (QED) is 0.850. The second kappa shape index (κ2) is 4.38. The molecule has 5 heteroatoms. The van der Waals surface area contributed by atoms with Gasteiger partial charge in [-0.15, -0.1) is 0 Å². The van der Waals surface area contributed by atoms with E-state index in [1.165, 1.54) is 12.8 Å². The Balaban J connectivity index is 1.69. The fourth-order valence-corrected chi connectivity index (χ4v) is 3.23. The Morgan fingerprint density at radius 3 is 2.65 bits per heavy atom. The van der Waals surface area contributed by atoms with Gasteiger partial charge in [0.25, 0.3) is 0 Å². The van der Waals surface area contributed by atoms with Crippen LogP contribution in [0.25, 0.3) is 0 Å². The lowest BCUT2D eigenvalue weighted by Gasteiger charge is -2.36. The number of aromatic nitrogens is 2. The minimum Gasteiger partial charge on any atom is -0.338 e. The summed E-state index contributed by atoms with van der Waals surface area (Å²) >= 11 is 0. The van der Waals surface area contributed by atoms with E-state index in [0.29, 0.717) is 18.1 Å². The molecular formula is C12H20N4O. The topological polar surface area (TPSA) is 68.2 Å². The summed E-state index contributed by atoms with van der Waals surface area (Å²) in [6.45, 7) is 2.84. The number of fused-ring (bicyclic) bond motifs is 2. The maximum absolute atomic E-state index is 6.06. The van der Waals surface area contributed by atoms with Crippen LogP contribution in [-0.4, -0.2) is 33.2 Å². The molecule has 2 fully saturated rings. The fourth-order valence-electron chi connectivity index (χ4n) is 3.23. The SMILES string of the molecule is CCc1noc(CN2C3CCC2CC(N)C3)n1. The van der Waals surface area contributed by atoms with Crippen LogP contribution in [0.4, 0.5) is 0 Å². The Labute approximate surface area is 101 Å². The Morgan fingerprint density at radius 2 is 2.06 bits per heavy atom. The zero-order valence-electron chi connectivity index (χ0n) is 10.3. The van der Waals surface area contributed by atoms with Gasteiger partial charge in [-0.05, 0) is 25.7 Å². The maximum atomic E-state index is 6.06. The second-order valence-corrected chi connectivity index (χ2v) is 5.25. The summed E-state index contributed by atoms with van der Waals surface area (Å²) in [7, 11) is 0. The van der Waals surface area contributed by atoms with Crippen molar-refractivity contribution < 1.29 is 4.52 Å². The predicted octanol–water partition coefficient (Wildman–Crippen LogP) is 1.09. The van der Waals surface area contributed by atoms with Crippen molar-refractivity contribution in [3.8, 4) is 0 Å². The van der Waals surface area contributed by atoms with E-state index in [2.05, 4.69) is 15.0 Å². The molecular weight excluding hydrogens is 216 g/mol. The molecule has 5 nitrogen and oxygen atoms in total. The van der Waals surface area contributed by atoms with Gasteiger partial charge in [0, 0.05) is 24.5 Å². The molecule has 1 aromatic rings. The van der Waals surface area contributed by atoms with E-state index in [9.17, 15) is 0 Å². The highest BCUT2D eigenvalue weighted by Gasteiger charge is 2.40. The Kier molecular flexibility index (Phi) is 2.88. The van der Waals surface area contributed by atoms with Crippen molar-refractivity contribution >= 4 is 0 Å². The summed E-state index contributed by atoms with van der Waals surface area (Å²) in [5.41, 5.74) is 6.06. The van der Waals surface area contributed by atoms with Crippen LogP contribution < -0.4 is 5.73 Å². The van der Waals surface area contributed by atoms with Crippen molar-refractivity contribution in [2.75, 3.05) is 0 Å². The van der Waals surface area contributed by atoms with Crippen molar-refractivity contribution in [1.29, 1.82) is 0 Å². The van der Waals surface area contributed by atoms with E-state index in [4.69, 9.17) is 10.3 Å². The summed E-state index contributed by atoms with van der Waals surface area (Å²) in [5, 5.41) is 3.95. The third kappa shape index (κ3) is 2.09. The summed E-state index contributed by atoms with van der Waals surface area (Å²) in [6, 6.07) is 1.64. The molecule has 0 saturated carbocycles. The van der Waals surface area contributed by atoms with Gasteiger partial charge in [0.05, 0.1) is 6.54 Å². The van der Waals surface area contributed by atoms with Gasteiger partial charge in [-0.2, -0.15) is 4.98 Å². The molecule has 1 aromatic heterocycles. The van der Waals surface area contributed by atoms with Crippen LogP contribution in [0.3, 0.4) is 0 Å². The molecule has 3 rings (SSSR count). The van der Waals surface area contributed by atoms with Crippen LogP contribution in [0.5, 0.6) is 0 Å². The van der Waals surface area contributed by atoms with E-state index >= 15 is 0 Å². The summed E-state index contributed by atoms with van der Waals surface area (Å²) in [5.74, 6) is 1.57. The largest absolute Gasteiger partial charge is 0.338 e. The van der Waals surface area contributed by atoms with Gasteiger partial charge in [-0.1, -0.05) is 12.1 Å². The molecule has 0 spiro atoms. The normalized spacial score (nSPS) is 33.2. The molecule has 0 radical (unpaired) electrons. The highest BCUT2D eigenvalue weighted by molar-refractivity contribution is 4.98. The van der Waals surface area contributed by atoms with E-state index < -0.39 is 0 Å². The first kappa shape index (κ1) is 11.2. The fraction of sp³-hybridized carbons (Fsp3) is 0.833. The molecule has 2 bridgehead atoms. The molecule has 2 N–H and O–H groups in total. The van der Waals surface area contributed by atoms with Gasteiger partial charge >= 0.3 is 0 Å². The lowest BCUT2D eigenvalue weighted by molar-refractivity contribution is 0.105.